The Kier molecular flexibility index (Phi) is 4.52. The summed E-state index contributed by atoms with van der Waals surface area (Å²) >= 11 is 0. The molecule has 2 aliphatic rings. The number of ether oxygens (including phenoxy) is 2. The van der Waals surface area contributed by atoms with Crippen molar-refractivity contribution in [2.45, 2.75) is 44.2 Å². The highest BCUT2D eigenvalue weighted by Crippen LogP contribution is 2.36. The van der Waals surface area contributed by atoms with E-state index >= 15 is 0 Å². The Morgan fingerprint density at radius 1 is 1.27 bits per heavy atom. The number of hydrogen-bond donors (Lipinski definition) is 2. The van der Waals surface area contributed by atoms with Crippen LogP contribution in [0.15, 0.2) is 18.2 Å². The Bertz CT molecular complexity index is 539. The molecule has 1 aliphatic heterocycles. The molecule has 5 nitrogen and oxygen atoms in total. The van der Waals surface area contributed by atoms with Crippen LogP contribution in [-0.2, 0) is 4.79 Å². The summed E-state index contributed by atoms with van der Waals surface area (Å²) in [6, 6.07) is 5.99. The fourth-order valence-electron chi connectivity index (χ4n) is 3.36. The van der Waals surface area contributed by atoms with Gasteiger partial charge in [-0.2, -0.15) is 0 Å². The maximum atomic E-state index is 11.1. The number of carboxylic acids is 1. The van der Waals surface area contributed by atoms with Gasteiger partial charge in [0.2, 0.25) is 0 Å². The predicted molar refractivity (Wildman–Crippen MR) is 82.4 cm³/mol. The topological polar surface area (TPSA) is 67.8 Å². The SMILES string of the molecule is COc1cc(C2CC(C(=O)O)CN2)ccc1OC1CCCC1. The van der Waals surface area contributed by atoms with Crippen molar-refractivity contribution in [3.63, 3.8) is 0 Å². The van der Waals surface area contributed by atoms with E-state index in [1.54, 1.807) is 7.11 Å². The molecule has 2 fully saturated rings. The van der Waals surface area contributed by atoms with Gasteiger partial charge in [0.1, 0.15) is 0 Å². The number of carbonyl (C=O) groups is 1. The zero-order valence-electron chi connectivity index (χ0n) is 12.9. The third-order valence-corrected chi connectivity index (χ3v) is 4.67. The average molecular weight is 305 g/mol. The molecule has 0 bridgehead atoms. The lowest BCUT2D eigenvalue weighted by molar-refractivity contribution is -0.141. The normalized spacial score (nSPS) is 25.3. The fourth-order valence-corrected chi connectivity index (χ4v) is 3.36. The second-order valence-electron chi connectivity index (χ2n) is 6.17. The van der Waals surface area contributed by atoms with E-state index < -0.39 is 5.97 Å². The van der Waals surface area contributed by atoms with Gasteiger partial charge in [-0.15, -0.1) is 0 Å². The smallest absolute Gasteiger partial charge is 0.307 e. The van der Waals surface area contributed by atoms with E-state index in [-0.39, 0.29) is 12.0 Å². The second-order valence-corrected chi connectivity index (χ2v) is 6.17. The molecule has 1 aromatic carbocycles. The molecule has 5 heteroatoms. The van der Waals surface area contributed by atoms with Crippen LogP contribution in [0.4, 0.5) is 0 Å². The van der Waals surface area contributed by atoms with Gasteiger partial charge in [0.15, 0.2) is 11.5 Å². The molecular formula is C17H23NO4. The minimum Gasteiger partial charge on any atom is -0.493 e. The summed E-state index contributed by atoms with van der Waals surface area (Å²) in [6.45, 7) is 0.517. The summed E-state index contributed by atoms with van der Waals surface area (Å²) in [5.74, 6) is 0.462. The average Bonchev–Trinajstić information content (AvgIpc) is 3.18. The van der Waals surface area contributed by atoms with E-state index in [1.807, 2.05) is 18.2 Å². The van der Waals surface area contributed by atoms with E-state index in [9.17, 15) is 4.79 Å². The Hall–Kier alpha value is -1.75. The second kappa shape index (κ2) is 6.57. The molecule has 0 spiro atoms. The van der Waals surface area contributed by atoms with E-state index in [0.29, 0.717) is 19.1 Å². The third kappa shape index (κ3) is 3.19. The standard InChI is InChI=1S/C17H23NO4/c1-21-16-9-11(14-8-12(10-18-14)17(19)20)6-7-15(16)22-13-4-2-3-5-13/h6-7,9,12-14,18H,2-5,8,10H2,1H3,(H,19,20). The van der Waals surface area contributed by atoms with Crippen molar-refractivity contribution in [1.82, 2.24) is 5.32 Å². The number of carboxylic acid groups (broad SMARTS) is 1. The van der Waals surface area contributed by atoms with Gasteiger partial charge >= 0.3 is 5.97 Å². The summed E-state index contributed by atoms with van der Waals surface area (Å²) in [7, 11) is 1.64. The van der Waals surface area contributed by atoms with Crippen LogP contribution in [0.3, 0.4) is 0 Å². The minimum atomic E-state index is -0.733. The van der Waals surface area contributed by atoms with Crippen LogP contribution in [0, 0.1) is 5.92 Å². The van der Waals surface area contributed by atoms with E-state index in [4.69, 9.17) is 14.6 Å². The molecular weight excluding hydrogens is 282 g/mol. The molecule has 2 unspecified atom stereocenters. The molecule has 1 saturated carbocycles. The largest absolute Gasteiger partial charge is 0.493 e. The highest BCUT2D eigenvalue weighted by Gasteiger charge is 2.30. The van der Waals surface area contributed by atoms with Crippen LogP contribution in [0.25, 0.3) is 0 Å². The molecule has 1 heterocycles. The van der Waals surface area contributed by atoms with Crippen LogP contribution in [0.5, 0.6) is 11.5 Å². The quantitative estimate of drug-likeness (QED) is 0.875. The molecule has 120 valence electrons. The van der Waals surface area contributed by atoms with Gasteiger partial charge in [0.25, 0.3) is 0 Å². The Morgan fingerprint density at radius 2 is 2.05 bits per heavy atom. The first-order chi connectivity index (χ1) is 10.7. The number of benzene rings is 1. The van der Waals surface area contributed by atoms with Crippen molar-refractivity contribution >= 4 is 5.97 Å². The van der Waals surface area contributed by atoms with Crippen molar-refractivity contribution in [3.8, 4) is 11.5 Å². The number of rotatable bonds is 5. The zero-order valence-corrected chi connectivity index (χ0v) is 12.9. The van der Waals surface area contributed by atoms with Crippen LogP contribution >= 0.6 is 0 Å². The van der Waals surface area contributed by atoms with Crippen molar-refractivity contribution in [1.29, 1.82) is 0 Å². The number of methoxy groups -OCH3 is 1. The minimum absolute atomic E-state index is 0.0653. The Labute approximate surface area is 130 Å². The summed E-state index contributed by atoms with van der Waals surface area (Å²) in [5.41, 5.74) is 1.05. The van der Waals surface area contributed by atoms with E-state index in [0.717, 1.165) is 29.9 Å². The molecule has 2 atom stereocenters. The maximum Gasteiger partial charge on any atom is 0.307 e. The van der Waals surface area contributed by atoms with Gasteiger partial charge in [-0.05, 0) is 49.8 Å². The molecule has 3 rings (SSSR count). The van der Waals surface area contributed by atoms with Crippen molar-refractivity contribution < 1.29 is 19.4 Å². The van der Waals surface area contributed by atoms with E-state index in [2.05, 4.69) is 5.32 Å². The summed E-state index contributed by atoms with van der Waals surface area (Å²) in [5, 5.41) is 12.4. The van der Waals surface area contributed by atoms with E-state index in [1.165, 1.54) is 12.8 Å². The first-order valence-corrected chi connectivity index (χ1v) is 7.98. The number of nitrogens with one attached hydrogen (secondary N) is 1. The Balaban J connectivity index is 1.72. The molecule has 1 aromatic rings. The first-order valence-electron chi connectivity index (χ1n) is 7.98. The predicted octanol–water partition coefficient (Wildman–Crippen LogP) is 2.75. The highest BCUT2D eigenvalue weighted by molar-refractivity contribution is 5.70. The lowest BCUT2D eigenvalue weighted by Crippen LogP contribution is -2.17. The highest BCUT2D eigenvalue weighted by atomic mass is 16.5. The van der Waals surface area contributed by atoms with Gasteiger partial charge in [-0.25, -0.2) is 0 Å². The van der Waals surface area contributed by atoms with Gasteiger partial charge < -0.3 is 19.9 Å². The van der Waals surface area contributed by atoms with Crippen molar-refractivity contribution in [2.24, 2.45) is 5.92 Å². The Morgan fingerprint density at radius 3 is 2.68 bits per heavy atom. The first kappa shape index (κ1) is 15.2. The van der Waals surface area contributed by atoms with Gasteiger partial charge in [0, 0.05) is 12.6 Å². The molecule has 22 heavy (non-hydrogen) atoms. The van der Waals surface area contributed by atoms with Crippen LogP contribution in [-0.4, -0.2) is 30.8 Å². The molecule has 1 aliphatic carbocycles. The number of aliphatic carboxylic acids is 1. The van der Waals surface area contributed by atoms with Gasteiger partial charge in [0.05, 0.1) is 19.1 Å². The lowest BCUT2D eigenvalue weighted by Gasteiger charge is -2.18. The summed E-state index contributed by atoms with van der Waals surface area (Å²) in [6.07, 6.45) is 5.58. The molecule has 1 saturated heterocycles. The van der Waals surface area contributed by atoms with Gasteiger partial charge in [-0.1, -0.05) is 6.07 Å². The van der Waals surface area contributed by atoms with Crippen molar-refractivity contribution in [3.05, 3.63) is 23.8 Å². The summed E-state index contributed by atoms with van der Waals surface area (Å²) in [4.78, 5) is 11.1. The van der Waals surface area contributed by atoms with Gasteiger partial charge in [-0.3, -0.25) is 4.79 Å². The third-order valence-electron chi connectivity index (χ3n) is 4.67. The monoisotopic (exact) mass is 305 g/mol. The maximum absolute atomic E-state index is 11.1. The fraction of sp³-hybridized carbons (Fsp3) is 0.588. The lowest BCUT2D eigenvalue weighted by atomic mass is 10.00. The van der Waals surface area contributed by atoms with Crippen molar-refractivity contribution in [2.75, 3.05) is 13.7 Å². The van der Waals surface area contributed by atoms with Crippen LogP contribution < -0.4 is 14.8 Å². The number of hydrogen-bond acceptors (Lipinski definition) is 4. The van der Waals surface area contributed by atoms with Crippen LogP contribution in [0.1, 0.15) is 43.7 Å². The molecule has 0 aromatic heterocycles. The molecule has 0 amide bonds. The molecule has 0 radical (unpaired) electrons. The summed E-state index contributed by atoms with van der Waals surface area (Å²) < 4.78 is 11.5. The van der Waals surface area contributed by atoms with Crippen LogP contribution in [0.2, 0.25) is 0 Å². The zero-order chi connectivity index (χ0) is 15.5. The molecule has 2 N–H and O–H groups in total.